The normalized spacial score (nSPS) is 17.7. The molecule has 1 saturated heterocycles. The van der Waals surface area contributed by atoms with E-state index in [1.54, 1.807) is 11.8 Å². The highest BCUT2D eigenvalue weighted by molar-refractivity contribution is 8.00. The predicted octanol–water partition coefficient (Wildman–Crippen LogP) is 4.00. The molecule has 0 N–H and O–H groups in total. The molecular formula is C18H27NOS. The van der Waals surface area contributed by atoms with Crippen LogP contribution in [0.2, 0.25) is 0 Å². The maximum Gasteiger partial charge on any atom is 0.232 e. The van der Waals surface area contributed by atoms with E-state index in [9.17, 15) is 4.79 Å². The number of amides is 1. The number of hydrogen-bond acceptors (Lipinski definition) is 2. The van der Waals surface area contributed by atoms with Crippen LogP contribution in [0.4, 0.5) is 0 Å². The van der Waals surface area contributed by atoms with Crippen LogP contribution in [0, 0.1) is 5.92 Å². The molecule has 1 fully saturated rings. The summed E-state index contributed by atoms with van der Waals surface area (Å²) >= 11 is 1.79. The fourth-order valence-corrected chi connectivity index (χ4v) is 3.60. The predicted molar refractivity (Wildman–Crippen MR) is 91.7 cm³/mol. The van der Waals surface area contributed by atoms with Crippen LogP contribution in [0.15, 0.2) is 30.3 Å². The Hall–Kier alpha value is -0.960. The molecule has 1 unspecified atom stereocenters. The summed E-state index contributed by atoms with van der Waals surface area (Å²) < 4.78 is 0. The first kappa shape index (κ1) is 16.4. The lowest BCUT2D eigenvalue weighted by molar-refractivity contribution is -0.129. The molecule has 1 atom stereocenters. The summed E-state index contributed by atoms with van der Waals surface area (Å²) in [5.41, 5.74) is 1.43. The Balaban J connectivity index is 1.71. The topological polar surface area (TPSA) is 20.3 Å². The van der Waals surface area contributed by atoms with E-state index in [0.29, 0.717) is 16.9 Å². The second kappa shape index (κ2) is 8.47. The monoisotopic (exact) mass is 305 g/mol. The van der Waals surface area contributed by atoms with Gasteiger partial charge in [0.25, 0.3) is 0 Å². The number of hydrogen-bond donors (Lipinski definition) is 0. The van der Waals surface area contributed by atoms with Gasteiger partial charge in [-0.05, 0) is 37.2 Å². The van der Waals surface area contributed by atoms with Crippen molar-refractivity contribution in [3.05, 3.63) is 35.9 Å². The van der Waals surface area contributed by atoms with Crippen LogP contribution < -0.4 is 0 Å². The molecule has 3 heteroatoms. The highest BCUT2D eigenvalue weighted by Crippen LogP contribution is 2.23. The van der Waals surface area contributed by atoms with Crippen LogP contribution in [0.1, 0.15) is 38.7 Å². The standard InChI is InChI=1S/C18H27NOS/c1-3-15(2)21-14-18(20)19-11-9-17(10-12-19)13-16-7-5-4-6-8-16/h4-8,15,17H,3,9-14H2,1-2H3. The Labute approximate surface area is 133 Å². The van der Waals surface area contributed by atoms with Crippen LogP contribution in [0.5, 0.6) is 0 Å². The number of carbonyl (C=O) groups excluding carboxylic acids is 1. The SMILES string of the molecule is CCC(C)SCC(=O)N1CCC(Cc2ccccc2)CC1. The van der Waals surface area contributed by atoms with Crippen molar-refractivity contribution in [2.45, 2.75) is 44.8 Å². The second-order valence-corrected chi connectivity index (χ2v) is 7.47. The molecule has 0 spiro atoms. The fourth-order valence-electron chi connectivity index (χ4n) is 2.76. The van der Waals surface area contributed by atoms with E-state index in [0.717, 1.165) is 44.7 Å². The van der Waals surface area contributed by atoms with Crippen molar-refractivity contribution in [3.8, 4) is 0 Å². The first-order valence-electron chi connectivity index (χ1n) is 8.12. The summed E-state index contributed by atoms with van der Waals surface area (Å²) in [5.74, 6) is 1.72. The van der Waals surface area contributed by atoms with Crippen LogP contribution >= 0.6 is 11.8 Å². The van der Waals surface area contributed by atoms with Gasteiger partial charge in [-0.1, -0.05) is 44.2 Å². The van der Waals surface area contributed by atoms with Crippen LogP contribution in [0.25, 0.3) is 0 Å². The Morgan fingerprint density at radius 3 is 2.57 bits per heavy atom. The summed E-state index contributed by atoms with van der Waals surface area (Å²) in [7, 11) is 0. The molecule has 0 aromatic heterocycles. The minimum Gasteiger partial charge on any atom is -0.342 e. The lowest BCUT2D eigenvalue weighted by Gasteiger charge is -2.32. The average Bonchev–Trinajstić information content (AvgIpc) is 2.54. The molecule has 0 saturated carbocycles. The molecule has 0 bridgehead atoms. The lowest BCUT2D eigenvalue weighted by Crippen LogP contribution is -2.40. The molecule has 116 valence electrons. The van der Waals surface area contributed by atoms with Crippen LogP contribution in [0.3, 0.4) is 0 Å². The summed E-state index contributed by atoms with van der Waals surface area (Å²) in [6.07, 6.45) is 4.59. The first-order chi connectivity index (χ1) is 10.2. The van der Waals surface area contributed by atoms with Gasteiger partial charge in [-0.2, -0.15) is 0 Å². The summed E-state index contributed by atoms with van der Waals surface area (Å²) in [5, 5.41) is 0.588. The third-order valence-electron chi connectivity index (χ3n) is 4.40. The molecule has 1 aliphatic heterocycles. The Morgan fingerprint density at radius 2 is 1.95 bits per heavy atom. The summed E-state index contributed by atoms with van der Waals surface area (Å²) in [6.45, 7) is 6.26. The number of benzene rings is 1. The van der Waals surface area contributed by atoms with E-state index in [1.807, 2.05) is 0 Å². The second-order valence-electron chi connectivity index (χ2n) is 6.04. The molecule has 0 radical (unpaired) electrons. The van der Waals surface area contributed by atoms with Gasteiger partial charge in [-0.15, -0.1) is 11.8 Å². The van der Waals surface area contributed by atoms with Gasteiger partial charge in [0.2, 0.25) is 5.91 Å². The molecule has 2 rings (SSSR count). The third-order valence-corrected chi connectivity index (χ3v) is 5.72. The first-order valence-corrected chi connectivity index (χ1v) is 9.17. The van der Waals surface area contributed by atoms with Gasteiger partial charge in [-0.3, -0.25) is 4.79 Å². The molecular weight excluding hydrogens is 278 g/mol. The number of nitrogens with zero attached hydrogens (tertiary/aromatic N) is 1. The third kappa shape index (κ3) is 5.39. The Kier molecular flexibility index (Phi) is 6.62. The van der Waals surface area contributed by atoms with Gasteiger partial charge >= 0.3 is 0 Å². The van der Waals surface area contributed by atoms with Crippen molar-refractivity contribution in [1.82, 2.24) is 4.90 Å². The zero-order valence-electron chi connectivity index (χ0n) is 13.3. The van der Waals surface area contributed by atoms with Gasteiger partial charge in [0.05, 0.1) is 5.75 Å². The van der Waals surface area contributed by atoms with Crippen LogP contribution in [-0.4, -0.2) is 34.9 Å². The summed E-state index contributed by atoms with van der Waals surface area (Å²) in [4.78, 5) is 14.3. The number of piperidine rings is 1. The Morgan fingerprint density at radius 1 is 1.29 bits per heavy atom. The van der Waals surface area contributed by atoms with E-state index in [1.165, 1.54) is 5.56 Å². The van der Waals surface area contributed by atoms with Gasteiger partial charge in [-0.25, -0.2) is 0 Å². The number of carbonyl (C=O) groups is 1. The van der Waals surface area contributed by atoms with E-state index in [4.69, 9.17) is 0 Å². The highest BCUT2D eigenvalue weighted by Gasteiger charge is 2.23. The maximum absolute atomic E-state index is 12.2. The molecule has 2 nitrogen and oxygen atoms in total. The number of likely N-dealkylation sites (tertiary alicyclic amines) is 1. The molecule has 21 heavy (non-hydrogen) atoms. The van der Waals surface area contributed by atoms with Gasteiger partial charge in [0, 0.05) is 18.3 Å². The Bertz CT molecular complexity index is 426. The average molecular weight is 305 g/mol. The molecule has 1 aromatic rings. The molecule has 1 aliphatic rings. The van der Waals surface area contributed by atoms with Crippen molar-refractivity contribution in [2.75, 3.05) is 18.8 Å². The minimum atomic E-state index is 0.332. The zero-order chi connectivity index (χ0) is 15.1. The van der Waals surface area contributed by atoms with Crippen molar-refractivity contribution in [2.24, 2.45) is 5.92 Å². The summed E-state index contributed by atoms with van der Waals surface area (Å²) in [6, 6.07) is 10.7. The number of thioether (sulfide) groups is 1. The number of rotatable bonds is 6. The van der Waals surface area contributed by atoms with E-state index in [-0.39, 0.29) is 0 Å². The van der Waals surface area contributed by atoms with E-state index in [2.05, 4.69) is 49.1 Å². The van der Waals surface area contributed by atoms with Crippen LogP contribution in [-0.2, 0) is 11.2 Å². The van der Waals surface area contributed by atoms with Gasteiger partial charge < -0.3 is 4.90 Å². The zero-order valence-corrected chi connectivity index (χ0v) is 14.1. The minimum absolute atomic E-state index is 0.332. The van der Waals surface area contributed by atoms with Gasteiger partial charge in [0.15, 0.2) is 0 Å². The highest BCUT2D eigenvalue weighted by atomic mass is 32.2. The van der Waals surface area contributed by atoms with Crippen molar-refractivity contribution < 1.29 is 4.79 Å². The molecule has 1 aromatic carbocycles. The maximum atomic E-state index is 12.2. The van der Waals surface area contributed by atoms with Crippen molar-refractivity contribution in [3.63, 3.8) is 0 Å². The largest absolute Gasteiger partial charge is 0.342 e. The van der Waals surface area contributed by atoms with Gasteiger partial charge in [0.1, 0.15) is 0 Å². The van der Waals surface area contributed by atoms with Crippen molar-refractivity contribution in [1.29, 1.82) is 0 Å². The lowest BCUT2D eigenvalue weighted by atomic mass is 9.90. The molecule has 1 heterocycles. The molecule has 0 aliphatic carbocycles. The van der Waals surface area contributed by atoms with E-state index < -0.39 is 0 Å². The van der Waals surface area contributed by atoms with Crippen molar-refractivity contribution >= 4 is 17.7 Å². The quantitative estimate of drug-likeness (QED) is 0.792. The molecule has 1 amide bonds. The smallest absolute Gasteiger partial charge is 0.232 e. The van der Waals surface area contributed by atoms with E-state index >= 15 is 0 Å². The fraction of sp³-hybridized carbons (Fsp3) is 0.611.